The minimum absolute atomic E-state index is 0.00841. The van der Waals surface area contributed by atoms with E-state index in [9.17, 15) is 19.5 Å². The van der Waals surface area contributed by atoms with Crippen molar-refractivity contribution in [1.82, 2.24) is 4.90 Å². The van der Waals surface area contributed by atoms with Crippen molar-refractivity contribution in [1.29, 1.82) is 0 Å². The first-order valence-corrected chi connectivity index (χ1v) is 12.4. The fraction of sp³-hybridized carbons (Fsp3) is 0.393. The molecule has 37 heavy (non-hydrogen) atoms. The largest absolute Gasteiger partial charge is 0.490 e. The lowest BCUT2D eigenvalue weighted by Crippen LogP contribution is -2.61. The Balaban J connectivity index is 0.000000414. The van der Waals surface area contributed by atoms with E-state index in [0.717, 1.165) is 42.9 Å². The molecule has 0 aromatic heterocycles. The number of ether oxygens (including phenoxy) is 1. The number of piperidine rings is 3. The molecule has 3 aliphatic rings. The van der Waals surface area contributed by atoms with Gasteiger partial charge in [-0.1, -0.05) is 37.3 Å². The van der Waals surface area contributed by atoms with Gasteiger partial charge in [-0.15, -0.1) is 0 Å². The van der Waals surface area contributed by atoms with E-state index in [4.69, 9.17) is 14.9 Å². The maximum atomic E-state index is 11.8. The number of aliphatic carboxylic acids is 2. The number of aliphatic hydroxyl groups is 1. The summed E-state index contributed by atoms with van der Waals surface area (Å²) in [5, 5.41) is 29.7. The molecular formula is C28H34N2O7. The van der Waals surface area contributed by atoms with E-state index in [1.807, 2.05) is 43.3 Å². The summed E-state index contributed by atoms with van der Waals surface area (Å²) in [6.07, 6.45) is 4.35. The molecule has 2 aromatic carbocycles. The fourth-order valence-corrected chi connectivity index (χ4v) is 4.65. The second kappa shape index (κ2) is 13.0. The molecule has 1 atom stereocenters. The van der Waals surface area contributed by atoms with Crippen LogP contribution in [0, 0.1) is 5.92 Å². The maximum Gasteiger partial charge on any atom is 0.328 e. The van der Waals surface area contributed by atoms with Crippen LogP contribution in [0.3, 0.4) is 0 Å². The van der Waals surface area contributed by atoms with Crippen molar-refractivity contribution in [2.45, 2.75) is 38.2 Å². The van der Waals surface area contributed by atoms with Crippen LogP contribution < -0.4 is 10.1 Å². The number of carboxylic acids is 2. The van der Waals surface area contributed by atoms with Crippen LogP contribution in [-0.4, -0.2) is 69.9 Å². The molecule has 1 unspecified atom stereocenters. The van der Waals surface area contributed by atoms with Crippen LogP contribution in [0.2, 0.25) is 0 Å². The highest BCUT2D eigenvalue weighted by Gasteiger charge is 2.46. The zero-order valence-corrected chi connectivity index (χ0v) is 20.9. The minimum Gasteiger partial charge on any atom is -0.490 e. The number of hydrogen-bond acceptors (Lipinski definition) is 6. The van der Waals surface area contributed by atoms with Gasteiger partial charge >= 0.3 is 11.9 Å². The lowest BCUT2D eigenvalue weighted by atomic mass is 9.76. The Morgan fingerprint density at radius 2 is 1.70 bits per heavy atom. The number of carboxylic acid groups (broad SMARTS) is 2. The highest BCUT2D eigenvalue weighted by molar-refractivity contribution is 5.90. The van der Waals surface area contributed by atoms with Gasteiger partial charge < -0.3 is 30.3 Å². The molecular weight excluding hydrogens is 476 g/mol. The topological polar surface area (TPSA) is 136 Å². The summed E-state index contributed by atoms with van der Waals surface area (Å²) in [5.41, 5.74) is 2.18. The van der Waals surface area contributed by atoms with Gasteiger partial charge in [-0.25, -0.2) is 9.59 Å². The van der Waals surface area contributed by atoms with Crippen LogP contribution in [0.5, 0.6) is 5.75 Å². The SMILES string of the molecule is CCC(=O)Nc1ccc(OCC2(O)CN3CCC2CC3)c(Cc2ccccc2)c1.O=C(O)C=CC(=O)O. The van der Waals surface area contributed by atoms with Gasteiger partial charge in [0.25, 0.3) is 0 Å². The van der Waals surface area contributed by atoms with Gasteiger partial charge in [-0.2, -0.15) is 0 Å². The first kappa shape index (κ1) is 27.9. The highest BCUT2D eigenvalue weighted by atomic mass is 16.5. The van der Waals surface area contributed by atoms with Gasteiger partial charge in [-0.05, 0) is 55.6 Å². The van der Waals surface area contributed by atoms with Crippen molar-refractivity contribution in [3.8, 4) is 5.75 Å². The Hall–Kier alpha value is -3.69. The lowest BCUT2D eigenvalue weighted by molar-refractivity contribution is -0.134. The summed E-state index contributed by atoms with van der Waals surface area (Å²) in [7, 11) is 0. The molecule has 0 saturated carbocycles. The van der Waals surface area contributed by atoms with Crippen LogP contribution >= 0.6 is 0 Å². The van der Waals surface area contributed by atoms with Gasteiger partial charge in [0.1, 0.15) is 18.0 Å². The summed E-state index contributed by atoms with van der Waals surface area (Å²) >= 11 is 0. The molecule has 3 saturated heterocycles. The summed E-state index contributed by atoms with van der Waals surface area (Å²) in [4.78, 5) is 33.2. The second-order valence-electron chi connectivity index (χ2n) is 9.34. The van der Waals surface area contributed by atoms with E-state index in [2.05, 4.69) is 22.3 Å². The van der Waals surface area contributed by atoms with Crippen molar-refractivity contribution in [3.63, 3.8) is 0 Å². The van der Waals surface area contributed by atoms with Crippen LogP contribution in [0.1, 0.15) is 37.3 Å². The normalized spacial score (nSPS) is 22.1. The number of benzene rings is 2. The van der Waals surface area contributed by atoms with E-state index < -0.39 is 17.5 Å². The summed E-state index contributed by atoms with van der Waals surface area (Å²) in [6.45, 7) is 5.00. The smallest absolute Gasteiger partial charge is 0.328 e. The molecule has 0 aliphatic carbocycles. The predicted molar refractivity (Wildman–Crippen MR) is 139 cm³/mol. The minimum atomic E-state index is -1.26. The Bertz CT molecular complexity index is 1090. The van der Waals surface area contributed by atoms with E-state index in [-0.39, 0.29) is 5.91 Å². The Morgan fingerprint density at radius 1 is 1.05 bits per heavy atom. The highest BCUT2D eigenvalue weighted by Crippen LogP contribution is 2.36. The average molecular weight is 511 g/mol. The molecule has 4 N–H and O–H groups in total. The zero-order valence-electron chi connectivity index (χ0n) is 20.9. The lowest BCUT2D eigenvalue weighted by Gasteiger charge is -2.50. The van der Waals surface area contributed by atoms with Crippen molar-refractivity contribution in [3.05, 3.63) is 71.8 Å². The number of fused-ring (bicyclic) bond motifs is 3. The van der Waals surface area contributed by atoms with Gasteiger partial charge in [0.15, 0.2) is 0 Å². The van der Waals surface area contributed by atoms with Crippen molar-refractivity contribution >= 4 is 23.5 Å². The first-order valence-electron chi connectivity index (χ1n) is 12.4. The second-order valence-corrected chi connectivity index (χ2v) is 9.34. The van der Waals surface area contributed by atoms with Crippen LogP contribution in [0.25, 0.3) is 0 Å². The van der Waals surface area contributed by atoms with Crippen LogP contribution in [-0.2, 0) is 20.8 Å². The van der Waals surface area contributed by atoms with E-state index in [0.29, 0.717) is 44.1 Å². The molecule has 3 fully saturated rings. The molecule has 1 amide bonds. The van der Waals surface area contributed by atoms with Crippen LogP contribution in [0.4, 0.5) is 5.69 Å². The zero-order chi connectivity index (χ0) is 26.8. The third-order valence-electron chi connectivity index (χ3n) is 6.59. The van der Waals surface area contributed by atoms with Gasteiger partial charge in [0.05, 0.1) is 0 Å². The monoisotopic (exact) mass is 510 g/mol. The molecule has 9 nitrogen and oxygen atoms in total. The third-order valence-corrected chi connectivity index (χ3v) is 6.59. The maximum absolute atomic E-state index is 11.8. The van der Waals surface area contributed by atoms with Crippen LogP contribution in [0.15, 0.2) is 60.7 Å². The van der Waals surface area contributed by atoms with Crippen molar-refractivity contribution < 1.29 is 34.4 Å². The molecule has 0 spiro atoms. The molecule has 9 heteroatoms. The molecule has 198 valence electrons. The number of nitrogens with zero attached hydrogens (tertiary/aromatic N) is 1. The average Bonchev–Trinajstić information content (AvgIpc) is 2.88. The first-order chi connectivity index (χ1) is 17.7. The molecule has 3 aliphatic heterocycles. The number of carbonyl (C=O) groups is 3. The predicted octanol–water partition coefficient (Wildman–Crippen LogP) is 3.17. The van der Waals surface area contributed by atoms with E-state index in [1.165, 1.54) is 5.56 Å². The standard InChI is InChI=1S/C24H30N2O3.C4H4O4/c1-2-23(27)25-21-8-9-22(19(15-21)14-18-6-4-3-5-7-18)29-17-24(28)16-26-12-10-20(24)11-13-26;5-3(6)1-2-4(7)8/h3-9,15,20,28H,2,10-14,16-17H2,1H3,(H,25,27);1-2H,(H,5,6)(H,7,8). The summed E-state index contributed by atoms with van der Waals surface area (Å²) in [5.74, 6) is -1.44. The molecule has 2 bridgehead atoms. The molecule has 3 heterocycles. The van der Waals surface area contributed by atoms with Gasteiger partial charge in [0.2, 0.25) is 5.91 Å². The molecule has 5 rings (SSSR count). The number of hydrogen-bond donors (Lipinski definition) is 4. The number of rotatable bonds is 9. The Labute approximate surface area is 216 Å². The summed E-state index contributed by atoms with van der Waals surface area (Å²) < 4.78 is 6.20. The number of carbonyl (C=O) groups excluding carboxylic acids is 1. The van der Waals surface area contributed by atoms with Gasteiger partial charge in [-0.3, -0.25) is 4.79 Å². The van der Waals surface area contributed by atoms with Crippen molar-refractivity contribution in [2.75, 3.05) is 31.6 Å². The van der Waals surface area contributed by atoms with Gasteiger partial charge in [0, 0.05) is 42.8 Å². The third kappa shape index (κ3) is 8.44. The summed E-state index contributed by atoms with van der Waals surface area (Å²) in [6, 6.07) is 16.0. The Kier molecular flexibility index (Phi) is 9.82. The fourth-order valence-electron chi connectivity index (χ4n) is 4.65. The quantitative estimate of drug-likeness (QED) is 0.378. The van der Waals surface area contributed by atoms with E-state index in [1.54, 1.807) is 0 Å². The molecule has 2 aromatic rings. The Morgan fingerprint density at radius 3 is 2.24 bits per heavy atom. The number of amides is 1. The number of nitrogens with one attached hydrogen (secondary N) is 1. The number of anilines is 1. The van der Waals surface area contributed by atoms with E-state index >= 15 is 0 Å². The molecule has 0 radical (unpaired) electrons. The van der Waals surface area contributed by atoms with Crippen molar-refractivity contribution in [2.24, 2.45) is 5.92 Å².